The van der Waals surface area contributed by atoms with Crippen LogP contribution in [0.25, 0.3) is 17.0 Å². The summed E-state index contributed by atoms with van der Waals surface area (Å²) in [5.41, 5.74) is 3.68. The van der Waals surface area contributed by atoms with Gasteiger partial charge in [0.1, 0.15) is 17.4 Å². The zero-order chi connectivity index (χ0) is 21.0. The Labute approximate surface area is 180 Å². The minimum Gasteiger partial charge on any atom is -0.379 e. The van der Waals surface area contributed by atoms with Crippen LogP contribution in [0.15, 0.2) is 24.8 Å². The van der Waals surface area contributed by atoms with E-state index in [0.29, 0.717) is 25.8 Å². The molecule has 3 aromatic rings. The molecule has 2 saturated heterocycles. The number of anilines is 1. The summed E-state index contributed by atoms with van der Waals surface area (Å²) >= 11 is 0. The Morgan fingerprint density at radius 1 is 0.968 bits per heavy atom. The van der Waals surface area contributed by atoms with E-state index in [2.05, 4.69) is 20.9 Å². The highest BCUT2D eigenvalue weighted by molar-refractivity contribution is 5.89. The van der Waals surface area contributed by atoms with Gasteiger partial charge < -0.3 is 19.1 Å². The van der Waals surface area contributed by atoms with Crippen LogP contribution in [0.1, 0.15) is 11.3 Å². The standard InChI is InChI=1S/C21H27N7O3/c1-29-14-17-12-16(13-26-4-8-30-9-5-26)18-19(23-17)20(27-6-10-31-11-7-27)25-21(24-18)28-3-2-22-15-28/h2-3,12,15H,4-11,13-14H2,1H3. The van der Waals surface area contributed by atoms with Gasteiger partial charge in [-0.25, -0.2) is 15.0 Å². The molecule has 0 unspecified atom stereocenters. The summed E-state index contributed by atoms with van der Waals surface area (Å²) < 4.78 is 18.3. The fourth-order valence-corrected chi connectivity index (χ4v) is 4.03. The van der Waals surface area contributed by atoms with Crippen molar-refractivity contribution in [2.24, 2.45) is 0 Å². The van der Waals surface area contributed by atoms with Crippen molar-refractivity contribution in [2.75, 3.05) is 64.6 Å². The molecular weight excluding hydrogens is 398 g/mol. The quantitative estimate of drug-likeness (QED) is 0.574. The predicted molar refractivity (Wildman–Crippen MR) is 114 cm³/mol. The Bertz CT molecular complexity index is 1020. The fourth-order valence-electron chi connectivity index (χ4n) is 4.03. The van der Waals surface area contributed by atoms with E-state index in [4.69, 9.17) is 29.2 Å². The Hall–Kier alpha value is -2.66. The minimum atomic E-state index is 0.442. The van der Waals surface area contributed by atoms with Crippen LogP contribution in [0.5, 0.6) is 0 Å². The van der Waals surface area contributed by atoms with Gasteiger partial charge in [0.25, 0.3) is 0 Å². The Morgan fingerprint density at radius 2 is 1.74 bits per heavy atom. The number of ether oxygens (including phenoxy) is 3. The van der Waals surface area contributed by atoms with Crippen molar-refractivity contribution in [3.8, 4) is 5.95 Å². The zero-order valence-electron chi connectivity index (χ0n) is 17.7. The maximum atomic E-state index is 5.56. The van der Waals surface area contributed by atoms with Crippen LogP contribution in [-0.2, 0) is 27.4 Å². The van der Waals surface area contributed by atoms with Crippen LogP contribution in [0.2, 0.25) is 0 Å². The fraction of sp³-hybridized carbons (Fsp3) is 0.524. The summed E-state index contributed by atoms with van der Waals surface area (Å²) in [6, 6.07) is 2.11. The summed E-state index contributed by atoms with van der Waals surface area (Å²) in [5.74, 6) is 1.43. The number of imidazole rings is 1. The third kappa shape index (κ3) is 4.38. The smallest absolute Gasteiger partial charge is 0.237 e. The number of rotatable bonds is 6. The van der Waals surface area contributed by atoms with Crippen LogP contribution >= 0.6 is 0 Å². The molecule has 0 N–H and O–H groups in total. The van der Waals surface area contributed by atoms with Gasteiger partial charge in [-0.15, -0.1) is 0 Å². The molecular formula is C21H27N7O3. The van der Waals surface area contributed by atoms with Gasteiger partial charge in [-0.3, -0.25) is 9.47 Å². The lowest BCUT2D eigenvalue weighted by molar-refractivity contribution is 0.0343. The first-order valence-electron chi connectivity index (χ1n) is 10.6. The lowest BCUT2D eigenvalue weighted by atomic mass is 10.1. The highest BCUT2D eigenvalue weighted by Crippen LogP contribution is 2.28. The van der Waals surface area contributed by atoms with E-state index in [0.717, 1.165) is 74.0 Å². The molecule has 0 amide bonds. The van der Waals surface area contributed by atoms with Gasteiger partial charge in [0, 0.05) is 52.2 Å². The van der Waals surface area contributed by atoms with Crippen LogP contribution in [-0.4, -0.2) is 89.1 Å². The van der Waals surface area contributed by atoms with Gasteiger partial charge in [0.15, 0.2) is 5.82 Å². The summed E-state index contributed by atoms with van der Waals surface area (Å²) in [5, 5.41) is 0. The third-order valence-corrected chi connectivity index (χ3v) is 5.59. The van der Waals surface area contributed by atoms with Gasteiger partial charge in [-0.1, -0.05) is 0 Å². The molecule has 2 aliphatic rings. The molecule has 0 bridgehead atoms. The second kappa shape index (κ2) is 9.23. The van der Waals surface area contributed by atoms with Gasteiger partial charge in [0.2, 0.25) is 5.95 Å². The normalized spacial score (nSPS) is 18.0. The highest BCUT2D eigenvalue weighted by Gasteiger charge is 2.22. The van der Waals surface area contributed by atoms with E-state index in [1.807, 2.05) is 10.8 Å². The Kier molecular flexibility index (Phi) is 6.03. The molecule has 10 nitrogen and oxygen atoms in total. The molecule has 0 atom stereocenters. The van der Waals surface area contributed by atoms with Crippen molar-refractivity contribution in [1.29, 1.82) is 0 Å². The predicted octanol–water partition coefficient (Wildman–Crippen LogP) is 1.03. The Balaban J connectivity index is 1.66. The maximum Gasteiger partial charge on any atom is 0.237 e. The van der Waals surface area contributed by atoms with Gasteiger partial charge in [-0.2, -0.15) is 4.98 Å². The molecule has 0 saturated carbocycles. The topological polar surface area (TPSA) is 90.7 Å². The molecule has 2 fully saturated rings. The minimum absolute atomic E-state index is 0.442. The number of nitrogens with zero attached hydrogens (tertiary/aromatic N) is 7. The monoisotopic (exact) mass is 425 g/mol. The van der Waals surface area contributed by atoms with E-state index >= 15 is 0 Å². The van der Waals surface area contributed by atoms with Crippen LogP contribution in [0.4, 0.5) is 5.82 Å². The molecule has 2 aliphatic heterocycles. The molecule has 164 valence electrons. The van der Waals surface area contributed by atoms with E-state index in [9.17, 15) is 0 Å². The highest BCUT2D eigenvalue weighted by atomic mass is 16.5. The lowest BCUT2D eigenvalue weighted by Crippen LogP contribution is -2.37. The van der Waals surface area contributed by atoms with E-state index < -0.39 is 0 Å². The van der Waals surface area contributed by atoms with Gasteiger partial charge in [-0.05, 0) is 11.6 Å². The molecule has 0 spiro atoms. The first kappa shape index (κ1) is 20.3. The van der Waals surface area contributed by atoms with Crippen molar-refractivity contribution in [1.82, 2.24) is 29.4 Å². The average Bonchev–Trinajstić information content (AvgIpc) is 3.35. The number of fused-ring (bicyclic) bond motifs is 1. The van der Waals surface area contributed by atoms with Gasteiger partial charge >= 0.3 is 0 Å². The number of hydrogen-bond acceptors (Lipinski definition) is 9. The summed E-state index contributed by atoms with van der Waals surface area (Å²) in [4.78, 5) is 23.5. The third-order valence-electron chi connectivity index (χ3n) is 5.59. The average molecular weight is 425 g/mol. The molecule has 5 heterocycles. The summed E-state index contributed by atoms with van der Waals surface area (Å²) in [6.45, 7) is 7.41. The largest absolute Gasteiger partial charge is 0.379 e. The van der Waals surface area contributed by atoms with E-state index in [1.54, 1.807) is 19.6 Å². The summed E-state index contributed by atoms with van der Waals surface area (Å²) in [7, 11) is 1.69. The van der Waals surface area contributed by atoms with Crippen LogP contribution in [0.3, 0.4) is 0 Å². The number of hydrogen-bond donors (Lipinski definition) is 0. The Morgan fingerprint density at radius 3 is 2.45 bits per heavy atom. The lowest BCUT2D eigenvalue weighted by Gasteiger charge is -2.29. The van der Waals surface area contributed by atoms with Gasteiger partial charge in [0.05, 0.1) is 38.7 Å². The van der Waals surface area contributed by atoms with Crippen LogP contribution in [0, 0.1) is 0 Å². The second-order valence-corrected chi connectivity index (χ2v) is 7.71. The number of pyridine rings is 1. The first-order chi connectivity index (χ1) is 15.3. The molecule has 10 heteroatoms. The maximum absolute atomic E-state index is 5.56. The van der Waals surface area contributed by atoms with Crippen molar-refractivity contribution < 1.29 is 14.2 Å². The number of morpholine rings is 2. The number of aromatic nitrogens is 5. The van der Waals surface area contributed by atoms with Crippen molar-refractivity contribution >= 4 is 16.9 Å². The summed E-state index contributed by atoms with van der Waals surface area (Å²) in [6.07, 6.45) is 5.31. The molecule has 3 aromatic heterocycles. The van der Waals surface area contributed by atoms with Crippen molar-refractivity contribution in [2.45, 2.75) is 13.2 Å². The van der Waals surface area contributed by atoms with E-state index in [1.165, 1.54) is 0 Å². The van der Waals surface area contributed by atoms with Crippen molar-refractivity contribution in [3.63, 3.8) is 0 Å². The molecule has 0 aliphatic carbocycles. The molecule has 0 aromatic carbocycles. The first-order valence-corrected chi connectivity index (χ1v) is 10.6. The molecule has 31 heavy (non-hydrogen) atoms. The number of methoxy groups -OCH3 is 1. The van der Waals surface area contributed by atoms with Crippen molar-refractivity contribution in [3.05, 3.63) is 36.0 Å². The second-order valence-electron chi connectivity index (χ2n) is 7.71. The van der Waals surface area contributed by atoms with Crippen LogP contribution < -0.4 is 4.90 Å². The van der Waals surface area contributed by atoms with E-state index in [-0.39, 0.29) is 0 Å². The molecule has 5 rings (SSSR count). The molecule has 0 radical (unpaired) electrons. The SMILES string of the molecule is COCc1cc(CN2CCOCC2)c2nc(-n3ccnc3)nc(N3CCOCC3)c2n1. The zero-order valence-corrected chi connectivity index (χ0v) is 17.7.